The van der Waals surface area contributed by atoms with Crippen molar-refractivity contribution >= 4 is 97.4 Å². The lowest BCUT2D eigenvalue weighted by Gasteiger charge is -2.05. The lowest BCUT2D eigenvalue weighted by Crippen LogP contribution is -2.17. The standard InChI is InChI=1S/C16H14Cl3N3.C10H11ClN2.C6H7ClN2.C4H8O2/c17-11-1-2-14-15(8-11)22-16(21-14)3-4-20-9-10-5-12(18)7-13(19)6-10;1-2-3-10-12-8-5-4-7(11)6-9(8)13-10;7-4-1-2-5(8)6(9)3-4;1-2-3-4(5)6/h1-2,5-8,20H,3-4,9H2,(H,21,22);4-6H,2-3H2,1H3,(H,12,13);1-3H,8-9H2;2-3H2,1H3,(H,5,6). The summed E-state index contributed by atoms with van der Waals surface area (Å²) in [6.45, 7) is 5.50. The molecule has 6 aromatic rings. The van der Waals surface area contributed by atoms with E-state index in [-0.39, 0.29) is 0 Å². The van der Waals surface area contributed by atoms with Gasteiger partial charge in [-0.3, -0.25) is 4.79 Å². The number of imidazole rings is 2. The topological polar surface area (TPSA) is 159 Å². The third-order valence-corrected chi connectivity index (χ3v) is 7.92. The molecule has 0 bridgehead atoms. The van der Waals surface area contributed by atoms with Crippen molar-refractivity contribution in [2.75, 3.05) is 18.0 Å². The Morgan fingerprint density at radius 2 is 1.20 bits per heavy atom. The zero-order valence-electron chi connectivity index (χ0n) is 27.7. The van der Waals surface area contributed by atoms with E-state index in [9.17, 15) is 4.79 Å². The number of aliphatic carboxylic acids is 1. The number of aromatic nitrogens is 4. The summed E-state index contributed by atoms with van der Waals surface area (Å²) >= 11 is 29.4. The fraction of sp³-hybridized carbons (Fsp3) is 0.250. The second kappa shape index (κ2) is 20.8. The Morgan fingerprint density at radius 3 is 1.66 bits per heavy atom. The van der Waals surface area contributed by atoms with Crippen LogP contribution in [0, 0.1) is 0 Å². The van der Waals surface area contributed by atoms with Crippen LogP contribution in [0.1, 0.15) is 50.3 Å². The summed E-state index contributed by atoms with van der Waals surface area (Å²) < 4.78 is 0. The maximum absolute atomic E-state index is 9.60. The number of rotatable bonds is 9. The minimum atomic E-state index is -0.711. The predicted molar refractivity (Wildman–Crippen MR) is 211 cm³/mol. The quantitative estimate of drug-likeness (QED) is 0.0629. The van der Waals surface area contributed by atoms with Gasteiger partial charge in [-0.2, -0.15) is 0 Å². The Hall–Kier alpha value is -3.70. The van der Waals surface area contributed by atoms with E-state index in [1.807, 2.05) is 55.5 Å². The summed E-state index contributed by atoms with van der Waals surface area (Å²) in [4.78, 5) is 25.1. The molecule has 9 nitrogen and oxygen atoms in total. The highest BCUT2D eigenvalue weighted by atomic mass is 35.5. The Labute approximate surface area is 316 Å². The van der Waals surface area contributed by atoms with Crippen LogP contribution >= 0.6 is 58.0 Å². The first-order valence-corrected chi connectivity index (χ1v) is 17.7. The van der Waals surface area contributed by atoms with E-state index < -0.39 is 5.97 Å². The maximum atomic E-state index is 9.60. The third kappa shape index (κ3) is 14.3. The van der Waals surface area contributed by atoms with E-state index in [0.717, 1.165) is 76.5 Å². The van der Waals surface area contributed by atoms with Crippen molar-refractivity contribution in [1.29, 1.82) is 0 Å². The number of nitrogens with two attached hydrogens (primary N) is 2. The predicted octanol–water partition coefficient (Wildman–Crippen LogP) is 10.4. The average Bonchev–Trinajstić information content (AvgIpc) is 3.64. The summed E-state index contributed by atoms with van der Waals surface area (Å²) in [6, 6.07) is 21.9. The largest absolute Gasteiger partial charge is 0.481 e. The number of nitrogens with one attached hydrogen (secondary N) is 3. The lowest BCUT2D eigenvalue weighted by atomic mass is 10.2. The summed E-state index contributed by atoms with van der Waals surface area (Å²) in [5, 5.41) is 14.6. The number of halogens is 5. The van der Waals surface area contributed by atoms with E-state index in [0.29, 0.717) is 44.4 Å². The van der Waals surface area contributed by atoms with Crippen LogP contribution < -0.4 is 16.8 Å². The van der Waals surface area contributed by atoms with Gasteiger partial charge in [-0.15, -0.1) is 0 Å². The fourth-order valence-corrected chi connectivity index (χ4v) is 5.55. The van der Waals surface area contributed by atoms with Gasteiger partial charge in [-0.1, -0.05) is 71.9 Å². The van der Waals surface area contributed by atoms with Gasteiger partial charge in [-0.05, 0) is 91.2 Å². The fourth-order valence-electron chi connectivity index (χ4n) is 4.45. The molecule has 0 spiro atoms. The number of aromatic amines is 2. The molecule has 0 atom stereocenters. The minimum Gasteiger partial charge on any atom is -0.481 e. The van der Waals surface area contributed by atoms with Gasteiger partial charge in [0.1, 0.15) is 11.6 Å². The van der Waals surface area contributed by atoms with E-state index in [2.05, 4.69) is 32.2 Å². The molecule has 0 saturated carbocycles. The highest BCUT2D eigenvalue weighted by molar-refractivity contribution is 6.34. The second-order valence-electron chi connectivity index (χ2n) is 11.1. The van der Waals surface area contributed by atoms with Gasteiger partial charge in [0.25, 0.3) is 0 Å². The molecule has 0 amide bonds. The van der Waals surface area contributed by atoms with Crippen LogP contribution in [0.4, 0.5) is 11.4 Å². The van der Waals surface area contributed by atoms with Crippen molar-refractivity contribution < 1.29 is 9.90 Å². The normalized spacial score (nSPS) is 10.5. The van der Waals surface area contributed by atoms with E-state index in [1.165, 1.54) is 0 Å². The molecule has 0 aliphatic rings. The highest BCUT2D eigenvalue weighted by Gasteiger charge is 2.04. The molecule has 0 fully saturated rings. The Bertz CT molecular complexity index is 1960. The minimum absolute atomic E-state index is 0.292. The van der Waals surface area contributed by atoms with Crippen molar-refractivity contribution in [3.05, 3.63) is 115 Å². The number of hydrogen-bond acceptors (Lipinski definition) is 6. The Morgan fingerprint density at radius 1 is 0.680 bits per heavy atom. The number of carboxylic acid groups (broad SMARTS) is 1. The molecule has 266 valence electrons. The lowest BCUT2D eigenvalue weighted by molar-refractivity contribution is -0.137. The van der Waals surface area contributed by atoms with E-state index in [1.54, 1.807) is 24.3 Å². The molecular formula is C36H40Cl5N7O2. The van der Waals surface area contributed by atoms with Crippen molar-refractivity contribution in [3.63, 3.8) is 0 Å². The molecule has 50 heavy (non-hydrogen) atoms. The summed E-state index contributed by atoms with van der Waals surface area (Å²) in [6.07, 6.45) is 3.93. The van der Waals surface area contributed by atoms with Crippen LogP contribution in [0.25, 0.3) is 22.1 Å². The number of carboxylic acids is 1. The smallest absolute Gasteiger partial charge is 0.303 e. The van der Waals surface area contributed by atoms with Crippen LogP contribution in [-0.4, -0.2) is 37.6 Å². The van der Waals surface area contributed by atoms with Crippen LogP contribution in [-0.2, 0) is 24.2 Å². The second-order valence-corrected chi connectivity index (χ2v) is 13.2. The zero-order chi connectivity index (χ0) is 36.6. The van der Waals surface area contributed by atoms with Crippen LogP contribution in [0.3, 0.4) is 0 Å². The average molecular weight is 780 g/mol. The summed E-state index contributed by atoms with van der Waals surface area (Å²) in [7, 11) is 0. The number of aryl methyl sites for hydroxylation is 1. The van der Waals surface area contributed by atoms with Gasteiger partial charge in [0.05, 0.1) is 33.4 Å². The number of anilines is 2. The molecule has 8 N–H and O–H groups in total. The van der Waals surface area contributed by atoms with Crippen molar-refractivity contribution in [1.82, 2.24) is 25.3 Å². The number of hydrogen-bond donors (Lipinski definition) is 6. The molecule has 2 aromatic heterocycles. The van der Waals surface area contributed by atoms with Gasteiger partial charge in [-0.25, -0.2) is 9.97 Å². The van der Waals surface area contributed by atoms with Gasteiger partial charge in [0, 0.05) is 57.5 Å². The molecular weight excluding hydrogens is 740 g/mol. The molecule has 0 aliphatic heterocycles. The molecule has 0 unspecified atom stereocenters. The third-order valence-electron chi connectivity index (χ3n) is 6.78. The van der Waals surface area contributed by atoms with Crippen molar-refractivity contribution in [2.45, 2.75) is 52.5 Å². The van der Waals surface area contributed by atoms with Crippen molar-refractivity contribution in [2.24, 2.45) is 0 Å². The number of fused-ring (bicyclic) bond motifs is 2. The van der Waals surface area contributed by atoms with Gasteiger partial charge >= 0.3 is 5.97 Å². The summed E-state index contributed by atoms with van der Waals surface area (Å²) in [5.41, 5.74) is 16.9. The Balaban J connectivity index is 0.000000204. The molecule has 0 radical (unpaired) electrons. The highest BCUT2D eigenvalue weighted by Crippen LogP contribution is 2.21. The maximum Gasteiger partial charge on any atom is 0.303 e. The van der Waals surface area contributed by atoms with Gasteiger partial charge in [0.2, 0.25) is 0 Å². The number of nitrogen functional groups attached to an aromatic ring is 2. The molecule has 6 rings (SSSR count). The SMILES string of the molecule is CCCC(=O)O.CCCc1nc2ccc(Cl)cc2[nH]1.Clc1cc(Cl)cc(CNCCc2nc3ccc(Cl)cc3[nH]2)c1.Nc1ccc(Cl)cc1N. The molecule has 0 saturated heterocycles. The molecule has 2 heterocycles. The van der Waals surface area contributed by atoms with Crippen molar-refractivity contribution in [3.8, 4) is 0 Å². The number of nitrogens with zero attached hydrogens (tertiary/aromatic N) is 2. The van der Waals surface area contributed by atoms with Crippen LogP contribution in [0.5, 0.6) is 0 Å². The number of carbonyl (C=O) groups is 1. The molecule has 14 heteroatoms. The molecule has 4 aromatic carbocycles. The van der Waals surface area contributed by atoms with Gasteiger partial charge in [0.15, 0.2) is 0 Å². The number of H-pyrrole nitrogens is 2. The van der Waals surface area contributed by atoms with E-state index >= 15 is 0 Å². The monoisotopic (exact) mass is 777 g/mol. The Kier molecular flexibility index (Phi) is 17.0. The first-order chi connectivity index (χ1) is 23.9. The first-order valence-electron chi connectivity index (χ1n) is 15.8. The van der Waals surface area contributed by atoms with E-state index in [4.69, 9.17) is 74.6 Å². The van der Waals surface area contributed by atoms with Crippen LogP contribution in [0.15, 0.2) is 72.8 Å². The first kappa shape index (κ1) is 40.7. The number of benzene rings is 4. The zero-order valence-corrected chi connectivity index (χ0v) is 31.5. The molecule has 0 aliphatic carbocycles. The van der Waals surface area contributed by atoms with Gasteiger partial charge < -0.3 is 31.9 Å². The summed E-state index contributed by atoms with van der Waals surface area (Å²) in [5.74, 6) is 1.27. The van der Waals surface area contributed by atoms with Crippen LogP contribution in [0.2, 0.25) is 25.1 Å².